The summed E-state index contributed by atoms with van der Waals surface area (Å²) in [6, 6.07) is 16.8. The Hall–Kier alpha value is -4.54. The molecule has 2 aromatic carbocycles. The van der Waals surface area contributed by atoms with Gasteiger partial charge in [0.25, 0.3) is 0 Å². The number of nitrogens with zero attached hydrogens (tertiary/aromatic N) is 4. The van der Waals surface area contributed by atoms with Crippen molar-refractivity contribution in [2.75, 3.05) is 62.3 Å². The third-order valence-corrected chi connectivity index (χ3v) is 8.84. The molecule has 4 aromatic rings. The summed E-state index contributed by atoms with van der Waals surface area (Å²) in [4.78, 5) is 14.4. The average Bonchev–Trinajstić information content (AvgIpc) is 3.13. The molecule has 47 heavy (non-hydrogen) atoms. The maximum absolute atomic E-state index is 5.57. The Morgan fingerprint density at radius 2 is 1.09 bits per heavy atom. The quantitative estimate of drug-likeness (QED) is 0.155. The van der Waals surface area contributed by atoms with E-state index in [4.69, 9.17) is 28.4 Å². The van der Waals surface area contributed by atoms with E-state index in [0.717, 1.165) is 68.1 Å². The fourth-order valence-electron chi connectivity index (χ4n) is 6.35. The number of piperidine rings is 1. The standard InChI is InChI=1S/C37H46N4O6/c1-8-41(24-26-10-14-39-31(18-26)28-21-34(44-4)37(47-7)35(22-28)45-5)29-11-15-40(16-12-29)23-25-9-13-38-30(17-25)27-19-32(42-2)36(46-6)33(20-27)43-3/h9-10,13-14,17-22,29H,8,11-12,15-16,23-24H2,1-7H3. The van der Waals surface area contributed by atoms with Crippen molar-refractivity contribution in [3.63, 3.8) is 0 Å². The topological polar surface area (TPSA) is 87.6 Å². The van der Waals surface area contributed by atoms with Gasteiger partial charge in [0.05, 0.1) is 54.0 Å². The minimum Gasteiger partial charge on any atom is -0.493 e. The van der Waals surface area contributed by atoms with E-state index in [9.17, 15) is 0 Å². The molecule has 3 heterocycles. The summed E-state index contributed by atoms with van der Waals surface area (Å²) in [5, 5.41) is 0. The monoisotopic (exact) mass is 642 g/mol. The molecule has 0 radical (unpaired) electrons. The molecule has 0 amide bonds. The molecule has 1 aliphatic heterocycles. The number of hydrogen-bond acceptors (Lipinski definition) is 10. The zero-order valence-electron chi connectivity index (χ0n) is 28.5. The highest BCUT2D eigenvalue weighted by atomic mass is 16.5. The molecule has 5 rings (SSSR count). The van der Waals surface area contributed by atoms with Gasteiger partial charge >= 0.3 is 0 Å². The summed E-state index contributed by atoms with van der Waals surface area (Å²) in [6.45, 7) is 7.04. The highest BCUT2D eigenvalue weighted by Crippen LogP contribution is 2.42. The number of likely N-dealkylation sites (tertiary alicyclic amines) is 1. The van der Waals surface area contributed by atoms with Gasteiger partial charge in [0, 0.05) is 42.7 Å². The highest BCUT2D eigenvalue weighted by molar-refractivity contribution is 5.70. The van der Waals surface area contributed by atoms with E-state index in [-0.39, 0.29) is 0 Å². The van der Waals surface area contributed by atoms with Crippen molar-refractivity contribution in [2.45, 2.75) is 38.9 Å². The zero-order chi connectivity index (χ0) is 33.3. The lowest BCUT2D eigenvalue weighted by Gasteiger charge is -2.38. The first kappa shape index (κ1) is 33.8. The van der Waals surface area contributed by atoms with Crippen molar-refractivity contribution < 1.29 is 28.4 Å². The second-order valence-electron chi connectivity index (χ2n) is 11.5. The number of ether oxygens (including phenoxy) is 6. The first-order valence-electron chi connectivity index (χ1n) is 15.9. The summed E-state index contributed by atoms with van der Waals surface area (Å²) < 4.78 is 33.2. The van der Waals surface area contributed by atoms with Crippen LogP contribution in [0.25, 0.3) is 22.5 Å². The molecule has 1 aliphatic rings. The lowest BCUT2D eigenvalue weighted by Crippen LogP contribution is -2.44. The Morgan fingerprint density at radius 3 is 1.51 bits per heavy atom. The Kier molecular flexibility index (Phi) is 11.4. The van der Waals surface area contributed by atoms with Crippen LogP contribution in [0, 0.1) is 0 Å². The smallest absolute Gasteiger partial charge is 0.203 e. The average molecular weight is 643 g/mol. The van der Waals surface area contributed by atoms with Gasteiger partial charge in [-0.3, -0.25) is 19.8 Å². The highest BCUT2D eigenvalue weighted by Gasteiger charge is 2.25. The number of benzene rings is 2. The molecule has 0 bridgehead atoms. The third-order valence-electron chi connectivity index (χ3n) is 8.84. The van der Waals surface area contributed by atoms with Gasteiger partial charge in [0.1, 0.15) is 0 Å². The van der Waals surface area contributed by atoms with Crippen molar-refractivity contribution in [1.29, 1.82) is 0 Å². The molecular formula is C37H46N4O6. The van der Waals surface area contributed by atoms with Crippen LogP contribution in [0.1, 0.15) is 30.9 Å². The molecule has 0 N–H and O–H groups in total. The molecule has 1 fully saturated rings. The van der Waals surface area contributed by atoms with E-state index in [2.05, 4.69) is 51.0 Å². The van der Waals surface area contributed by atoms with E-state index in [0.29, 0.717) is 40.5 Å². The predicted octanol–water partition coefficient (Wildman–Crippen LogP) is 6.35. The molecule has 10 heteroatoms. The molecule has 250 valence electrons. The molecule has 0 spiro atoms. The number of pyridine rings is 2. The van der Waals surface area contributed by atoms with Crippen molar-refractivity contribution in [2.24, 2.45) is 0 Å². The van der Waals surface area contributed by atoms with Gasteiger partial charge < -0.3 is 28.4 Å². The number of hydrogen-bond donors (Lipinski definition) is 0. The molecule has 0 atom stereocenters. The second-order valence-corrected chi connectivity index (χ2v) is 11.5. The summed E-state index contributed by atoms with van der Waals surface area (Å²) in [5.41, 5.74) is 6.04. The van der Waals surface area contributed by atoms with E-state index < -0.39 is 0 Å². The van der Waals surface area contributed by atoms with Gasteiger partial charge in [-0.2, -0.15) is 0 Å². The fourth-order valence-corrected chi connectivity index (χ4v) is 6.35. The van der Waals surface area contributed by atoms with Crippen molar-refractivity contribution in [1.82, 2.24) is 19.8 Å². The minimum atomic E-state index is 0.515. The van der Waals surface area contributed by atoms with Crippen LogP contribution in [-0.2, 0) is 13.1 Å². The van der Waals surface area contributed by atoms with Crippen LogP contribution >= 0.6 is 0 Å². The van der Waals surface area contributed by atoms with E-state index in [1.165, 1.54) is 11.1 Å². The number of rotatable bonds is 14. The molecule has 1 saturated heterocycles. The number of aromatic nitrogens is 2. The Balaban J connectivity index is 1.23. The zero-order valence-corrected chi connectivity index (χ0v) is 28.5. The summed E-state index contributed by atoms with van der Waals surface area (Å²) >= 11 is 0. The van der Waals surface area contributed by atoms with Crippen LogP contribution in [0.3, 0.4) is 0 Å². The van der Waals surface area contributed by atoms with Crippen LogP contribution in [0.4, 0.5) is 0 Å². The van der Waals surface area contributed by atoms with Crippen molar-refractivity contribution in [3.8, 4) is 57.0 Å². The molecule has 0 unspecified atom stereocenters. The van der Waals surface area contributed by atoms with Gasteiger partial charge in [0.15, 0.2) is 23.0 Å². The molecule has 10 nitrogen and oxygen atoms in total. The largest absolute Gasteiger partial charge is 0.493 e. The molecule has 0 aliphatic carbocycles. The van der Waals surface area contributed by atoms with E-state index >= 15 is 0 Å². The SMILES string of the molecule is CCN(Cc1ccnc(-c2cc(OC)c(OC)c(OC)c2)c1)C1CCN(Cc2ccnc(-c3cc(OC)c(OC)c(OC)c3)c2)CC1. The van der Waals surface area contributed by atoms with Crippen LogP contribution in [-0.4, -0.2) is 88.1 Å². The van der Waals surface area contributed by atoms with Gasteiger partial charge in [-0.15, -0.1) is 0 Å². The Labute approximate surface area is 278 Å². The Morgan fingerprint density at radius 1 is 0.638 bits per heavy atom. The Bertz CT molecular complexity index is 1590. The minimum absolute atomic E-state index is 0.515. The van der Waals surface area contributed by atoms with Crippen molar-refractivity contribution >= 4 is 0 Å². The molecule has 0 saturated carbocycles. The summed E-state index contributed by atoms with van der Waals surface area (Å²) in [5.74, 6) is 3.59. The molecule has 2 aromatic heterocycles. The normalized spacial score (nSPS) is 13.8. The maximum Gasteiger partial charge on any atom is 0.203 e. The fraction of sp³-hybridized carbons (Fsp3) is 0.405. The maximum atomic E-state index is 5.57. The first-order chi connectivity index (χ1) is 22.9. The van der Waals surface area contributed by atoms with Gasteiger partial charge in [-0.25, -0.2) is 0 Å². The summed E-state index contributed by atoms with van der Waals surface area (Å²) in [7, 11) is 9.72. The second kappa shape index (κ2) is 15.8. The van der Waals surface area contributed by atoms with E-state index in [1.54, 1.807) is 42.7 Å². The van der Waals surface area contributed by atoms with Crippen LogP contribution in [0.15, 0.2) is 60.9 Å². The lowest BCUT2D eigenvalue weighted by atomic mass is 10.0. The number of methoxy groups -OCH3 is 6. The van der Waals surface area contributed by atoms with Gasteiger partial charge in [0.2, 0.25) is 11.5 Å². The molecular weight excluding hydrogens is 596 g/mol. The van der Waals surface area contributed by atoms with Crippen LogP contribution < -0.4 is 28.4 Å². The van der Waals surface area contributed by atoms with Crippen molar-refractivity contribution in [3.05, 3.63) is 72.1 Å². The third kappa shape index (κ3) is 7.72. The van der Waals surface area contributed by atoms with Crippen LogP contribution in [0.5, 0.6) is 34.5 Å². The van der Waals surface area contributed by atoms with Gasteiger partial charge in [-0.1, -0.05) is 6.92 Å². The van der Waals surface area contributed by atoms with Gasteiger partial charge in [-0.05, 0) is 92.1 Å². The van der Waals surface area contributed by atoms with Crippen LogP contribution in [0.2, 0.25) is 0 Å². The lowest BCUT2D eigenvalue weighted by molar-refractivity contribution is 0.103. The first-order valence-corrected chi connectivity index (χ1v) is 15.9. The summed E-state index contributed by atoms with van der Waals surface area (Å²) in [6.07, 6.45) is 5.98. The van der Waals surface area contributed by atoms with E-state index in [1.807, 2.05) is 36.7 Å². The predicted molar refractivity (Wildman–Crippen MR) is 183 cm³/mol.